The largest absolute Gasteiger partial charge is 0.364 e. The van der Waals surface area contributed by atoms with Gasteiger partial charge in [0.15, 0.2) is 5.69 Å². The third-order valence-electron chi connectivity index (χ3n) is 5.39. The molecule has 1 fully saturated rings. The number of primary amides is 1. The second-order valence-corrected chi connectivity index (χ2v) is 7.61. The molecule has 2 aromatic rings. The summed E-state index contributed by atoms with van der Waals surface area (Å²) < 4.78 is 13.2. The lowest BCUT2D eigenvalue weighted by atomic mass is 9.84. The number of hydrogen-bond donors (Lipinski definition) is 3. The number of rotatable bonds is 6. The molecule has 160 valence electrons. The molecule has 3 rings (SSSR count). The Hall–Kier alpha value is -2.94. The zero-order valence-corrected chi connectivity index (χ0v) is 17.2. The molecule has 0 spiro atoms. The van der Waals surface area contributed by atoms with E-state index in [1.165, 1.54) is 18.5 Å². The predicted octanol–water partition coefficient (Wildman–Crippen LogP) is 2.96. The quantitative estimate of drug-likeness (QED) is 0.645. The van der Waals surface area contributed by atoms with Crippen LogP contribution in [0.15, 0.2) is 24.5 Å². The summed E-state index contributed by atoms with van der Waals surface area (Å²) in [5.41, 5.74) is 5.65. The molecule has 3 amide bonds. The average molecular weight is 436 g/mol. The van der Waals surface area contributed by atoms with Gasteiger partial charge in [-0.3, -0.25) is 14.4 Å². The van der Waals surface area contributed by atoms with E-state index < -0.39 is 11.7 Å². The van der Waals surface area contributed by atoms with Gasteiger partial charge in [-0.1, -0.05) is 11.6 Å². The summed E-state index contributed by atoms with van der Waals surface area (Å²) in [6.07, 6.45) is 3.71. The van der Waals surface area contributed by atoms with Crippen LogP contribution in [-0.4, -0.2) is 45.2 Å². The first-order valence-corrected chi connectivity index (χ1v) is 10.1. The highest BCUT2D eigenvalue weighted by Crippen LogP contribution is 2.30. The number of nitrogens with two attached hydrogens (primary N) is 1. The number of hydrogen-bond acceptors (Lipinski definition) is 4. The van der Waals surface area contributed by atoms with Crippen LogP contribution >= 0.6 is 11.6 Å². The van der Waals surface area contributed by atoms with Gasteiger partial charge in [0.05, 0.1) is 17.0 Å². The van der Waals surface area contributed by atoms with Crippen molar-refractivity contribution in [2.75, 3.05) is 11.9 Å². The van der Waals surface area contributed by atoms with Crippen LogP contribution in [0.4, 0.5) is 10.1 Å². The van der Waals surface area contributed by atoms with Crippen molar-refractivity contribution in [2.45, 2.75) is 38.6 Å². The van der Waals surface area contributed by atoms with Crippen LogP contribution in [0.3, 0.4) is 0 Å². The minimum absolute atomic E-state index is 0.0648. The topological polar surface area (TPSA) is 121 Å². The Bertz CT molecular complexity index is 956. The molecule has 1 saturated carbocycles. The van der Waals surface area contributed by atoms with Gasteiger partial charge in [0, 0.05) is 18.5 Å². The van der Waals surface area contributed by atoms with Crippen molar-refractivity contribution in [2.24, 2.45) is 11.7 Å². The Labute approximate surface area is 178 Å². The van der Waals surface area contributed by atoms with Crippen molar-refractivity contribution in [3.05, 3.63) is 46.8 Å². The number of nitrogens with one attached hydrogen (secondary N) is 2. The summed E-state index contributed by atoms with van der Waals surface area (Å²) >= 11 is 5.97. The smallest absolute Gasteiger partial charge is 0.273 e. The molecule has 1 heterocycles. The lowest BCUT2D eigenvalue weighted by Crippen LogP contribution is -2.44. The fraction of sp³-hybridized carbons (Fsp3) is 0.400. The molecule has 1 aliphatic carbocycles. The van der Waals surface area contributed by atoms with Crippen LogP contribution < -0.4 is 11.1 Å². The number of imidazole rings is 1. The van der Waals surface area contributed by atoms with Crippen molar-refractivity contribution in [3.8, 4) is 0 Å². The molecule has 1 aliphatic rings. The highest BCUT2D eigenvalue weighted by Gasteiger charge is 2.33. The molecule has 4 N–H and O–H groups in total. The minimum Gasteiger partial charge on any atom is -0.364 e. The maximum atomic E-state index is 13.2. The first-order valence-electron chi connectivity index (χ1n) is 9.71. The van der Waals surface area contributed by atoms with Crippen molar-refractivity contribution < 1.29 is 18.8 Å². The molecular weight excluding hydrogens is 413 g/mol. The Kier molecular flexibility index (Phi) is 6.71. The van der Waals surface area contributed by atoms with E-state index in [4.69, 9.17) is 17.3 Å². The first-order chi connectivity index (χ1) is 14.3. The van der Waals surface area contributed by atoms with E-state index >= 15 is 0 Å². The van der Waals surface area contributed by atoms with Gasteiger partial charge in [0.1, 0.15) is 11.5 Å². The molecule has 0 radical (unpaired) electrons. The molecule has 1 aromatic carbocycles. The van der Waals surface area contributed by atoms with Gasteiger partial charge in [-0.15, -0.1) is 0 Å². The average Bonchev–Trinajstić information content (AvgIpc) is 3.21. The van der Waals surface area contributed by atoms with E-state index in [1.807, 2.05) is 6.92 Å². The highest BCUT2D eigenvalue weighted by atomic mass is 35.5. The first kappa shape index (κ1) is 21.8. The fourth-order valence-electron chi connectivity index (χ4n) is 3.83. The molecule has 0 unspecified atom stereocenters. The zero-order valence-electron chi connectivity index (χ0n) is 16.5. The van der Waals surface area contributed by atoms with E-state index in [0.717, 1.165) is 6.07 Å². The van der Waals surface area contributed by atoms with E-state index in [-0.39, 0.29) is 40.2 Å². The number of aromatic nitrogens is 2. The fourth-order valence-corrected chi connectivity index (χ4v) is 4.05. The van der Waals surface area contributed by atoms with E-state index in [9.17, 15) is 18.8 Å². The Balaban J connectivity index is 1.62. The second-order valence-electron chi connectivity index (χ2n) is 7.20. The summed E-state index contributed by atoms with van der Waals surface area (Å²) in [6.45, 7) is 2.30. The van der Waals surface area contributed by atoms with Gasteiger partial charge in [-0.2, -0.15) is 0 Å². The second kappa shape index (κ2) is 9.25. The third-order valence-corrected chi connectivity index (χ3v) is 5.70. The molecule has 0 atom stereocenters. The lowest BCUT2D eigenvalue weighted by molar-refractivity contribution is -0.121. The minimum atomic E-state index is -0.768. The SMILES string of the molecule is CCN(C(=O)c1[nH]cnc1C(N)=O)C1CCC(C(=O)Nc2ccc(F)cc2Cl)CC1. The van der Waals surface area contributed by atoms with E-state index in [2.05, 4.69) is 15.3 Å². The van der Waals surface area contributed by atoms with Gasteiger partial charge < -0.3 is 20.9 Å². The van der Waals surface area contributed by atoms with Crippen LogP contribution in [0.5, 0.6) is 0 Å². The number of halogens is 2. The number of H-pyrrole nitrogens is 1. The zero-order chi connectivity index (χ0) is 21.8. The lowest BCUT2D eigenvalue weighted by Gasteiger charge is -2.36. The standard InChI is InChI=1S/C20H23ClFN5O3/c1-2-27(20(30)17-16(18(23)28)24-10-25-17)13-6-3-11(4-7-13)19(29)26-15-8-5-12(22)9-14(15)21/h5,8-11,13H,2-4,6-7H2,1H3,(H2,23,28)(H,24,25)(H,26,29). The van der Waals surface area contributed by atoms with E-state index in [0.29, 0.717) is 37.9 Å². The summed E-state index contributed by atoms with van der Waals surface area (Å²) in [4.78, 5) is 45.2. The van der Waals surface area contributed by atoms with E-state index in [1.54, 1.807) is 4.90 Å². The number of amides is 3. The molecule has 1 aromatic heterocycles. The Morgan fingerprint density at radius 3 is 2.60 bits per heavy atom. The van der Waals surface area contributed by atoms with Crippen molar-refractivity contribution in [1.82, 2.24) is 14.9 Å². The summed E-state index contributed by atoms with van der Waals surface area (Å²) in [5, 5.41) is 2.89. The monoisotopic (exact) mass is 435 g/mol. The van der Waals surface area contributed by atoms with Gasteiger partial charge in [-0.05, 0) is 50.8 Å². The Morgan fingerprint density at radius 2 is 2.00 bits per heavy atom. The Morgan fingerprint density at radius 1 is 1.30 bits per heavy atom. The summed E-state index contributed by atoms with van der Waals surface area (Å²) in [7, 11) is 0. The van der Waals surface area contributed by atoms with Gasteiger partial charge >= 0.3 is 0 Å². The number of anilines is 1. The number of carbonyl (C=O) groups is 3. The normalized spacial score (nSPS) is 18.6. The van der Waals surface area contributed by atoms with Crippen molar-refractivity contribution in [3.63, 3.8) is 0 Å². The number of carbonyl (C=O) groups excluding carboxylic acids is 3. The summed E-state index contributed by atoms with van der Waals surface area (Å²) in [5.74, 6) is -1.99. The van der Waals surface area contributed by atoms with Gasteiger partial charge in [-0.25, -0.2) is 9.37 Å². The number of benzene rings is 1. The third kappa shape index (κ3) is 4.62. The summed E-state index contributed by atoms with van der Waals surface area (Å²) in [6, 6.07) is 3.75. The molecule has 0 bridgehead atoms. The number of nitrogens with zero attached hydrogens (tertiary/aromatic N) is 2. The molecule has 8 nitrogen and oxygen atoms in total. The molecule has 10 heteroatoms. The predicted molar refractivity (Wildman–Crippen MR) is 110 cm³/mol. The van der Waals surface area contributed by atoms with Crippen LogP contribution in [0, 0.1) is 11.7 Å². The molecule has 0 saturated heterocycles. The maximum Gasteiger partial charge on any atom is 0.273 e. The van der Waals surface area contributed by atoms with Crippen molar-refractivity contribution >= 4 is 35.0 Å². The highest BCUT2D eigenvalue weighted by molar-refractivity contribution is 6.33. The van der Waals surface area contributed by atoms with Gasteiger partial charge in [0.25, 0.3) is 11.8 Å². The van der Waals surface area contributed by atoms with Crippen LogP contribution in [0.25, 0.3) is 0 Å². The van der Waals surface area contributed by atoms with Crippen LogP contribution in [-0.2, 0) is 4.79 Å². The number of aromatic amines is 1. The maximum absolute atomic E-state index is 13.2. The molecular formula is C20H23ClFN5O3. The van der Waals surface area contributed by atoms with Crippen LogP contribution in [0.1, 0.15) is 53.6 Å². The van der Waals surface area contributed by atoms with Crippen molar-refractivity contribution in [1.29, 1.82) is 0 Å². The van der Waals surface area contributed by atoms with Gasteiger partial charge in [0.2, 0.25) is 5.91 Å². The molecule has 0 aliphatic heterocycles. The molecule has 30 heavy (non-hydrogen) atoms. The van der Waals surface area contributed by atoms with Crippen LogP contribution in [0.2, 0.25) is 5.02 Å².